The monoisotopic (exact) mass is 258 g/mol. The lowest BCUT2D eigenvalue weighted by Gasteiger charge is -2.34. The summed E-state index contributed by atoms with van der Waals surface area (Å²) in [5.41, 5.74) is 0.725. The lowest BCUT2D eigenvalue weighted by atomic mass is 9.84. The maximum absolute atomic E-state index is 12.2. The van der Waals surface area contributed by atoms with Crippen molar-refractivity contribution in [3.8, 4) is 6.07 Å². The van der Waals surface area contributed by atoms with E-state index in [4.69, 9.17) is 10.00 Å². The minimum absolute atomic E-state index is 0.0696. The number of ether oxygens (including phenoxy) is 1. The van der Waals surface area contributed by atoms with Gasteiger partial charge in [-0.2, -0.15) is 5.26 Å². The van der Waals surface area contributed by atoms with Gasteiger partial charge in [-0.05, 0) is 17.0 Å². The van der Waals surface area contributed by atoms with Crippen LogP contribution in [0, 0.1) is 16.7 Å². The number of para-hydroxylation sites is 1. The van der Waals surface area contributed by atoms with E-state index >= 15 is 0 Å². The van der Waals surface area contributed by atoms with Crippen molar-refractivity contribution in [1.29, 1.82) is 5.26 Å². The standard InChI is InChI=1S/C15H18N2O2/c1-14(2,3)11-6-4-5-7-12(11)17-13(18)15(8-16)9-19-10-15/h4-7H,9-10H2,1-3H3,(H,17,18). The number of carbonyl (C=O) groups is 1. The van der Waals surface area contributed by atoms with Crippen molar-refractivity contribution < 1.29 is 9.53 Å². The molecule has 1 aliphatic rings. The first-order chi connectivity index (χ1) is 8.89. The molecule has 1 fully saturated rings. The summed E-state index contributed by atoms with van der Waals surface area (Å²) in [4.78, 5) is 12.2. The predicted octanol–water partition coefficient (Wildman–Crippen LogP) is 2.46. The Balaban J connectivity index is 2.25. The van der Waals surface area contributed by atoms with Crippen molar-refractivity contribution >= 4 is 11.6 Å². The van der Waals surface area contributed by atoms with Gasteiger partial charge in [-0.25, -0.2) is 0 Å². The van der Waals surface area contributed by atoms with Crippen LogP contribution in [0.5, 0.6) is 0 Å². The highest BCUT2D eigenvalue weighted by atomic mass is 16.5. The van der Waals surface area contributed by atoms with Crippen LogP contribution in [0.2, 0.25) is 0 Å². The van der Waals surface area contributed by atoms with Crippen LogP contribution in [0.3, 0.4) is 0 Å². The van der Waals surface area contributed by atoms with Crippen LogP contribution in [-0.2, 0) is 14.9 Å². The molecule has 0 spiro atoms. The van der Waals surface area contributed by atoms with Gasteiger partial charge in [-0.1, -0.05) is 39.0 Å². The molecule has 1 amide bonds. The molecule has 1 aromatic rings. The zero-order valence-corrected chi connectivity index (χ0v) is 11.5. The van der Waals surface area contributed by atoms with Crippen molar-refractivity contribution in [3.05, 3.63) is 29.8 Å². The molecule has 0 aromatic heterocycles. The number of nitriles is 1. The highest BCUT2D eigenvalue weighted by Crippen LogP contribution is 2.32. The molecule has 19 heavy (non-hydrogen) atoms. The Bertz CT molecular complexity index is 534. The van der Waals surface area contributed by atoms with E-state index in [0.717, 1.165) is 11.3 Å². The van der Waals surface area contributed by atoms with Crippen LogP contribution in [0.4, 0.5) is 5.69 Å². The molecule has 0 radical (unpaired) electrons. The maximum Gasteiger partial charge on any atom is 0.249 e. The lowest BCUT2D eigenvalue weighted by Crippen LogP contribution is -2.50. The highest BCUT2D eigenvalue weighted by Gasteiger charge is 2.46. The molecule has 1 aliphatic heterocycles. The van der Waals surface area contributed by atoms with Crippen LogP contribution >= 0.6 is 0 Å². The number of benzene rings is 1. The summed E-state index contributed by atoms with van der Waals surface area (Å²) in [7, 11) is 0. The third kappa shape index (κ3) is 2.47. The molecule has 0 atom stereocenters. The normalized spacial score (nSPS) is 17.2. The molecule has 4 nitrogen and oxygen atoms in total. The van der Waals surface area contributed by atoms with Crippen LogP contribution < -0.4 is 5.32 Å². The number of hydrogen-bond donors (Lipinski definition) is 1. The number of rotatable bonds is 2. The van der Waals surface area contributed by atoms with Crippen molar-refractivity contribution in [2.45, 2.75) is 26.2 Å². The van der Waals surface area contributed by atoms with Crippen molar-refractivity contribution in [3.63, 3.8) is 0 Å². The number of nitrogens with zero attached hydrogens (tertiary/aromatic N) is 1. The zero-order valence-electron chi connectivity index (χ0n) is 11.5. The fourth-order valence-electron chi connectivity index (χ4n) is 2.04. The summed E-state index contributed by atoms with van der Waals surface area (Å²) in [5, 5.41) is 12.0. The molecule has 4 heteroatoms. The average Bonchev–Trinajstić information content (AvgIpc) is 2.27. The predicted molar refractivity (Wildman–Crippen MR) is 72.6 cm³/mol. The summed E-state index contributed by atoms with van der Waals surface area (Å²) in [6.45, 7) is 6.61. The van der Waals surface area contributed by atoms with Crippen molar-refractivity contribution in [2.75, 3.05) is 18.5 Å². The van der Waals surface area contributed by atoms with E-state index in [-0.39, 0.29) is 24.5 Å². The summed E-state index contributed by atoms with van der Waals surface area (Å²) >= 11 is 0. The van der Waals surface area contributed by atoms with E-state index in [0.29, 0.717) is 0 Å². The minimum Gasteiger partial charge on any atom is -0.377 e. The maximum atomic E-state index is 12.2. The highest BCUT2D eigenvalue weighted by molar-refractivity contribution is 5.98. The molecule has 0 bridgehead atoms. The molecule has 0 unspecified atom stereocenters. The molecular weight excluding hydrogens is 240 g/mol. The van der Waals surface area contributed by atoms with Crippen LogP contribution in [0.1, 0.15) is 26.3 Å². The first kappa shape index (κ1) is 13.6. The van der Waals surface area contributed by atoms with Crippen LogP contribution in [0.15, 0.2) is 24.3 Å². The Kier molecular flexibility index (Phi) is 3.34. The molecule has 1 saturated heterocycles. The van der Waals surface area contributed by atoms with E-state index in [9.17, 15) is 4.79 Å². The van der Waals surface area contributed by atoms with Gasteiger partial charge in [0.15, 0.2) is 5.41 Å². The smallest absolute Gasteiger partial charge is 0.249 e. The Morgan fingerprint density at radius 3 is 2.47 bits per heavy atom. The zero-order chi connectivity index (χ0) is 14.1. The molecular formula is C15H18N2O2. The molecule has 0 aliphatic carbocycles. The van der Waals surface area contributed by atoms with Gasteiger partial charge in [0.05, 0.1) is 19.3 Å². The Morgan fingerprint density at radius 2 is 2.00 bits per heavy atom. The van der Waals surface area contributed by atoms with E-state index in [2.05, 4.69) is 32.2 Å². The van der Waals surface area contributed by atoms with Gasteiger partial charge in [0.2, 0.25) is 5.91 Å². The molecule has 1 heterocycles. The number of anilines is 1. The van der Waals surface area contributed by atoms with Gasteiger partial charge in [0.1, 0.15) is 0 Å². The Labute approximate surface area is 113 Å². The van der Waals surface area contributed by atoms with E-state index in [1.54, 1.807) is 0 Å². The third-order valence-corrected chi connectivity index (χ3v) is 3.33. The SMILES string of the molecule is CC(C)(C)c1ccccc1NC(=O)C1(C#N)COC1. The average molecular weight is 258 g/mol. The van der Waals surface area contributed by atoms with E-state index in [1.807, 2.05) is 24.3 Å². The van der Waals surface area contributed by atoms with Crippen molar-refractivity contribution in [1.82, 2.24) is 0 Å². The first-order valence-corrected chi connectivity index (χ1v) is 6.29. The van der Waals surface area contributed by atoms with Gasteiger partial charge < -0.3 is 10.1 Å². The van der Waals surface area contributed by atoms with Crippen molar-refractivity contribution in [2.24, 2.45) is 5.41 Å². The second-order valence-corrected chi connectivity index (χ2v) is 5.94. The van der Waals surface area contributed by atoms with Gasteiger partial charge in [-0.15, -0.1) is 0 Å². The first-order valence-electron chi connectivity index (χ1n) is 6.29. The van der Waals surface area contributed by atoms with Crippen LogP contribution in [-0.4, -0.2) is 19.1 Å². The molecule has 0 saturated carbocycles. The Hall–Kier alpha value is -1.86. The fraction of sp³-hybridized carbons (Fsp3) is 0.467. The fourth-order valence-corrected chi connectivity index (χ4v) is 2.04. The number of hydrogen-bond acceptors (Lipinski definition) is 3. The van der Waals surface area contributed by atoms with Gasteiger partial charge in [0, 0.05) is 5.69 Å². The largest absolute Gasteiger partial charge is 0.377 e. The lowest BCUT2D eigenvalue weighted by molar-refractivity contribution is -0.144. The topological polar surface area (TPSA) is 62.1 Å². The summed E-state index contributed by atoms with van der Waals surface area (Å²) in [5.74, 6) is -0.280. The third-order valence-electron chi connectivity index (χ3n) is 3.33. The summed E-state index contributed by atoms with van der Waals surface area (Å²) in [6.07, 6.45) is 0. The second kappa shape index (κ2) is 4.67. The number of amides is 1. The molecule has 100 valence electrons. The van der Waals surface area contributed by atoms with E-state index in [1.165, 1.54) is 0 Å². The molecule has 1 N–H and O–H groups in total. The molecule has 2 rings (SSSR count). The van der Waals surface area contributed by atoms with E-state index < -0.39 is 5.41 Å². The summed E-state index contributed by atoms with van der Waals surface area (Å²) in [6, 6.07) is 9.74. The second-order valence-electron chi connectivity index (χ2n) is 5.94. The minimum atomic E-state index is -1.02. The van der Waals surface area contributed by atoms with Gasteiger partial charge in [-0.3, -0.25) is 4.79 Å². The molecule has 1 aromatic carbocycles. The summed E-state index contributed by atoms with van der Waals surface area (Å²) < 4.78 is 5.00. The van der Waals surface area contributed by atoms with Gasteiger partial charge in [0.25, 0.3) is 0 Å². The van der Waals surface area contributed by atoms with Gasteiger partial charge >= 0.3 is 0 Å². The number of nitrogens with one attached hydrogen (secondary N) is 1. The van der Waals surface area contributed by atoms with Crippen LogP contribution in [0.25, 0.3) is 0 Å². The Morgan fingerprint density at radius 1 is 1.37 bits per heavy atom. The quantitative estimate of drug-likeness (QED) is 0.886. The number of carbonyl (C=O) groups excluding carboxylic acids is 1.